The zero-order chi connectivity index (χ0) is 21.5. The molecule has 3 rings (SSSR count). The Kier molecular flexibility index (Phi) is 7.25. The van der Waals surface area contributed by atoms with E-state index in [9.17, 15) is 9.59 Å². The number of aryl methyl sites for hydroxylation is 2. The molecule has 0 atom stereocenters. The van der Waals surface area contributed by atoms with Crippen LogP contribution in [0.15, 0.2) is 71.2 Å². The van der Waals surface area contributed by atoms with Crippen LogP contribution in [-0.4, -0.2) is 18.4 Å². The second kappa shape index (κ2) is 10.1. The van der Waals surface area contributed by atoms with Gasteiger partial charge < -0.3 is 15.4 Å². The first-order valence-corrected chi connectivity index (χ1v) is 10.3. The van der Waals surface area contributed by atoms with Crippen LogP contribution in [-0.2, 0) is 11.4 Å². The van der Waals surface area contributed by atoms with Gasteiger partial charge in [-0.05, 0) is 54.8 Å². The minimum Gasteiger partial charge on any atom is -0.488 e. The van der Waals surface area contributed by atoms with Crippen molar-refractivity contribution in [3.8, 4) is 5.75 Å². The van der Waals surface area contributed by atoms with Gasteiger partial charge >= 0.3 is 0 Å². The molecule has 5 nitrogen and oxygen atoms in total. The molecule has 0 aromatic heterocycles. The summed E-state index contributed by atoms with van der Waals surface area (Å²) in [7, 11) is 0. The van der Waals surface area contributed by atoms with E-state index < -0.39 is 0 Å². The lowest BCUT2D eigenvalue weighted by molar-refractivity contribution is -0.115. The molecule has 154 valence electrons. The van der Waals surface area contributed by atoms with E-state index in [4.69, 9.17) is 4.74 Å². The Bertz CT molecular complexity index is 1050. The molecule has 0 radical (unpaired) electrons. The van der Waals surface area contributed by atoms with Gasteiger partial charge in [-0.3, -0.25) is 9.59 Å². The molecular formula is C24H23BrN2O3. The summed E-state index contributed by atoms with van der Waals surface area (Å²) < 4.78 is 6.81. The Morgan fingerprint density at radius 2 is 1.63 bits per heavy atom. The third kappa shape index (κ3) is 5.70. The molecule has 3 aromatic rings. The van der Waals surface area contributed by atoms with Crippen LogP contribution in [0.5, 0.6) is 5.75 Å². The van der Waals surface area contributed by atoms with Crippen molar-refractivity contribution >= 4 is 33.4 Å². The zero-order valence-corrected chi connectivity index (χ0v) is 18.5. The number of ether oxygens (including phenoxy) is 1. The molecule has 2 amide bonds. The van der Waals surface area contributed by atoms with Gasteiger partial charge in [-0.15, -0.1) is 0 Å². The highest BCUT2D eigenvalue weighted by molar-refractivity contribution is 9.10. The fourth-order valence-electron chi connectivity index (χ4n) is 3.02. The molecule has 0 saturated heterocycles. The van der Waals surface area contributed by atoms with E-state index in [1.54, 1.807) is 24.3 Å². The van der Waals surface area contributed by atoms with Crippen molar-refractivity contribution in [2.24, 2.45) is 0 Å². The molecule has 30 heavy (non-hydrogen) atoms. The van der Waals surface area contributed by atoms with E-state index >= 15 is 0 Å². The topological polar surface area (TPSA) is 67.4 Å². The maximum Gasteiger partial charge on any atom is 0.255 e. The lowest BCUT2D eigenvalue weighted by Crippen LogP contribution is -2.33. The standard InChI is InChI=1S/C24H23BrN2O3/c1-16-7-5-8-17(2)23(16)27-22(28)14-26-24(29)20-11-3-4-12-21(20)30-15-18-9-6-10-19(25)13-18/h3-13H,14-15H2,1-2H3,(H,26,29)(H,27,28). The third-order valence-corrected chi connectivity index (χ3v) is 5.06. The summed E-state index contributed by atoms with van der Waals surface area (Å²) >= 11 is 3.44. The van der Waals surface area contributed by atoms with Gasteiger partial charge in [-0.25, -0.2) is 0 Å². The highest BCUT2D eigenvalue weighted by Gasteiger charge is 2.14. The van der Waals surface area contributed by atoms with Crippen molar-refractivity contribution < 1.29 is 14.3 Å². The number of hydrogen-bond acceptors (Lipinski definition) is 3. The maximum atomic E-state index is 12.6. The second-order valence-corrected chi connectivity index (χ2v) is 7.83. The molecule has 2 N–H and O–H groups in total. The highest BCUT2D eigenvalue weighted by atomic mass is 79.9. The summed E-state index contributed by atoms with van der Waals surface area (Å²) in [4.78, 5) is 25.0. The van der Waals surface area contributed by atoms with Crippen molar-refractivity contribution in [1.82, 2.24) is 5.32 Å². The summed E-state index contributed by atoms with van der Waals surface area (Å²) in [6.45, 7) is 4.06. The molecule has 3 aromatic carbocycles. The van der Waals surface area contributed by atoms with Crippen LogP contribution >= 0.6 is 15.9 Å². The van der Waals surface area contributed by atoms with Crippen molar-refractivity contribution in [2.75, 3.05) is 11.9 Å². The van der Waals surface area contributed by atoms with E-state index in [-0.39, 0.29) is 18.4 Å². The van der Waals surface area contributed by atoms with Gasteiger partial charge in [-0.1, -0.05) is 58.4 Å². The molecule has 0 aliphatic rings. The quantitative estimate of drug-likeness (QED) is 0.513. The summed E-state index contributed by atoms with van der Waals surface area (Å²) in [5.41, 5.74) is 4.08. The van der Waals surface area contributed by atoms with E-state index in [1.165, 1.54) is 0 Å². The Morgan fingerprint density at radius 3 is 2.37 bits per heavy atom. The van der Waals surface area contributed by atoms with Crippen LogP contribution in [0.1, 0.15) is 27.0 Å². The summed E-state index contributed by atoms with van der Waals surface area (Å²) in [5, 5.41) is 5.53. The largest absolute Gasteiger partial charge is 0.488 e. The normalized spacial score (nSPS) is 10.4. The Balaban J connectivity index is 1.61. The average molecular weight is 467 g/mol. The first-order chi connectivity index (χ1) is 14.4. The van der Waals surface area contributed by atoms with Gasteiger partial charge in [0, 0.05) is 10.2 Å². The zero-order valence-electron chi connectivity index (χ0n) is 16.9. The fraction of sp³-hybridized carbons (Fsp3) is 0.167. The third-order valence-electron chi connectivity index (χ3n) is 4.57. The Morgan fingerprint density at radius 1 is 0.933 bits per heavy atom. The van der Waals surface area contributed by atoms with Gasteiger partial charge in [0.2, 0.25) is 5.91 Å². The van der Waals surface area contributed by atoms with Crippen LogP contribution in [0.2, 0.25) is 0 Å². The molecule has 0 aliphatic heterocycles. The van der Waals surface area contributed by atoms with Crippen molar-refractivity contribution in [3.05, 3.63) is 93.5 Å². The smallest absolute Gasteiger partial charge is 0.255 e. The Labute approximate surface area is 184 Å². The lowest BCUT2D eigenvalue weighted by Gasteiger charge is -2.13. The number of benzene rings is 3. The van der Waals surface area contributed by atoms with E-state index in [0.29, 0.717) is 17.9 Å². The van der Waals surface area contributed by atoms with Crippen molar-refractivity contribution in [2.45, 2.75) is 20.5 Å². The minimum absolute atomic E-state index is 0.132. The molecule has 0 fully saturated rings. The van der Waals surface area contributed by atoms with E-state index in [1.807, 2.05) is 56.3 Å². The number of carbonyl (C=O) groups excluding carboxylic acids is 2. The minimum atomic E-state index is -0.364. The first kappa shape index (κ1) is 21.6. The fourth-order valence-corrected chi connectivity index (χ4v) is 3.47. The molecule has 6 heteroatoms. The number of carbonyl (C=O) groups is 2. The van der Waals surface area contributed by atoms with Gasteiger partial charge in [0.05, 0.1) is 12.1 Å². The van der Waals surface area contributed by atoms with Crippen LogP contribution in [0.3, 0.4) is 0 Å². The van der Waals surface area contributed by atoms with Crippen molar-refractivity contribution in [1.29, 1.82) is 0 Å². The van der Waals surface area contributed by atoms with Crippen molar-refractivity contribution in [3.63, 3.8) is 0 Å². The Hall–Kier alpha value is -3.12. The van der Waals surface area contributed by atoms with E-state index in [2.05, 4.69) is 26.6 Å². The molecular weight excluding hydrogens is 444 g/mol. The summed E-state index contributed by atoms with van der Waals surface area (Å²) in [6.07, 6.45) is 0. The number of anilines is 1. The van der Waals surface area contributed by atoms with Crippen LogP contribution in [0.25, 0.3) is 0 Å². The number of hydrogen-bond donors (Lipinski definition) is 2. The molecule has 0 spiro atoms. The number of halogens is 1. The monoisotopic (exact) mass is 466 g/mol. The van der Waals surface area contributed by atoms with Gasteiger partial charge in [-0.2, -0.15) is 0 Å². The van der Waals surface area contributed by atoms with Gasteiger partial charge in [0.15, 0.2) is 0 Å². The summed E-state index contributed by atoms with van der Waals surface area (Å²) in [6, 6.07) is 20.6. The number of para-hydroxylation sites is 2. The van der Waals surface area contributed by atoms with Gasteiger partial charge in [0.1, 0.15) is 12.4 Å². The van der Waals surface area contributed by atoms with Gasteiger partial charge in [0.25, 0.3) is 5.91 Å². The predicted molar refractivity (Wildman–Crippen MR) is 122 cm³/mol. The lowest BCUT2D eigenvalue weighted by atomic mass is 10.1. The molecule has 0 bridgehead atoms. The average Bonchev–Trinajstić information content (AvgIpc) is 2.73. The maximum absolute atomic E-state index is 12.6. The first-order valence-electron chi connectivity index (χ1n) is 9.54. The molecule has 0 unspecified atom stereocenters. The van der Waals surface area contributed by atoms with Crippen LogP contribution in [0.4, 0.5) is 5.69 Å². The molecule has 0 heterocycles. The van der Waals surface area contributed by atoms with Crippen LogP contribution < -0.4 is 15.4 Å². The predicted octanol–water partition coefficient (Wildman–Crippen LogP) is 5.01. The number of amides is 2. The molecule has 0 aliphatic carbocycles. The molecule has 0 saturated carbocycles. The SMILES string of the molecule is Cc1cccc(C)c1NC(=O)CNC(=O)c1ccccc1OCc1cccc(Br)c1. The number of nitrogens with one attached hydrogen (secondary N) is 2. The van der Waals surface area contributed by atoms with E-state index in [0.717, 1.165) is 26.9 Å². The van der Waals surface area contributed by atoms with Crippen LogP contribution in [0, 0.1) is 13.8 Å². The number of rotatable bonds is 7. The highest BCUT2D eigenvalue weighted by Crippen LogP contribution is 2.21. The summed E-state index contributed by atoms with van der Waals surface area (Å²) in [5.74, 6) is -0.185. The second-order valence-electron chi connectivity index (χ2n) is 6.91.